The number of aromatic nitrogens is 2. The van der Waals surface area contributed by atoms with Crippen LogP contribution >= 0.6 is 0 Å². The standard InChI is InChI=1S/C9H11N5O/c1-6(2-8(11)15)14-9-5-12-7(3-10)4-13-9/h4-6H,2H2,1H3,(H2,11,15)(H,13,14). The van der Waals surface area contributed by atoms with Crippen molar-refractivity contribution in [3.05, 3.63) is 18.1 Å². The summed E-state index contributed by atoms with van der Waals surface area (Å²) in [6.45, 7) is 1.81. The average Bonchev–Trinajstić information content (AvgIpc) is 2.17. The molecule has 0 aromatic carbocycles. The van der Waals surface area contributed by atoms with Crippen LogP contribution in [0, 0.1) is 11.3 Å². The van der Waals surface area contributed by atoms with Gasteiger partial charge in [0, 0.05) is 12.5 Å². The van der Waals surface area contributed by atoms with Gasteiger partial charge in [-0.1, -0.05) is 0 Å². The Hall–Kier alpha value is -2.16. The van der Waals surface area contributed by atoms with Crippen LogP contribution < -0.4 is 11.1 Å². The number of anilines is 1. The van der Waals surface area contributed by atoms with Crippen molar-refractivity contribution in [3.8, 4) is 6.07 Å². The molecule has 1 heterocycles. The molecule has 1 unspecified atom stereocenters. The molecule has 1 rings (SSSR count). The molecule has 0 saturated heterocycles. The van der Waals surface area contributed by atoms with E-state index in [1.165, 1.54) is 12.4 Å². The molecule has 0 aliphatic rings. The van der Waals surface area contributed by atoms with Crippen LogP contribution in [-0.2, 0) is 4.79 Å². The lowest BCUT2D eigenvalue weighted by Gasteiger charge is -2.11. The molecule has 0 spiro atoms. The summed E-state index contributed by atoms with van der Waals surface area (Å²) in [5.41, 5.74) is 5.29. The zero-order chi connectivity index (χ0) is 11.3. The fraction of sp³-hybridized carbons (Fsp3) is 0.333. The molecule has 3 N–H and O–H groups in total. The maximum atomic E-state index is 10.6. The van der Waals surface area contributed by atoms with E-state index >= 15 is 0 Å². The first-order valence-electron chi connectivity index (χ1n) is 4.39. The number of nitrogens with two attached hydrogens (primary N) is 1. The molecular formula is C9H11N5O. The van der Waals surface area contributed by atoms with Crippen molar-refractivity contribution < 1.29 is 4.79 Å². The summed E-state index contributed by atoms with van der Waals surface area (Å²) >= 11 is 0. The van der Waals surface area contributed by atoms with Crippen LogP contribution in [0.25, 0.3) is 0 Å². The van der Waals surface area contributed by atoms with E-state index in [4.69, 9.17) is 11.0 Å². The molecule has 1 atom stereocenters. The second-order valence-corrected chi connectivity index (χ2v) is 3.11. The Morgan fingerprint density at radius 1 is 1.67 bits per heavy atom. The smallest absolute Gasteiger partial charge is 0.219 e. The van der Waals surface area contributed by atoms with Gasteiger partial charge in [-0.3, -0.25) is 4.79 Å². The van der Waals surface area contributed by atoms with Crippen molar-refractivity contribution in [1.29, 1.82) is 5.26 Å². The number of primary amides is 1. The predicted molar refractivity (Wildman–Crippen MR) is 53.6 cm³/mol. The maximum Gasteiger partial charge on any atom is 0.219 e. The van der Waals surface area contributed by atoms with E-state index in [0.29, 0.717) is 5.82 Å². The van der Waals surface area contributed by atoms with Crippen LogP contribution in [0.5, 0.6) is 0 Å². The summed E-state index contributed by atoms with van der Waals surface area (Å²) in [7, 11) is 0. The molecule has 0 radical (unpaired) electrons. The quantitative estimate of drug-likeness (QED) is 0.721. The van der Waals surface area contributed by atoms with Crippen LogP contribution in [0.1, 0.15) is 19.0 Å². The zero-order valence-electron chi connectivity index (χ0n) is 8.27. The number of amides is 1. The highest BCUT2D eigenvalue weighted by molar-refractivity contribution is 5.74. The second-order valence-electron chi connectivity index (χ2n) is 3.11. The third kappa shape index (κ3) is 3.60. The number of nitriles is 1. The Labute approximate surface area is 87.1 Å². The lowest BCUT2D eigenvalue weighted by Crippen LogP contribution is -2.24. The third-order valence-corrected chi connectivity index (χ3v) is 1.67. The first-order valence-corrected chi connectivity index (χ1v) is 4.39. The molecular weight excluding hydrogens is 194 g/mol. The zero-order valence-corrected chi connectivity index (χ0v) is 8.27. The molecule has 0 fully saturated rings. The molecule has 0 aliphatic carbocycles. The summed E-state index contributed by atoms with van der Waals surface area (Å²) in [4.78, 5) is 18.4. The van der Waals surface area contributed by atoms with Gasteiger partial charge in [0.2, 0.25) is 5.91 Å². The van der Waals surface area contributed by atoms with Gasteiger partial charge < -0.3 is 11.1 Å². The third-order valence-electron chi connectivity index (χ3n) is 1.67. The molecule has 1 aromatic heterocycles. The normalized spacial score (nSPS) is 11.5. The van der Waals surface area contributed by atoms with Crippen LogP contribution in [0.4, 0.5) is 5.82 Å². The first-order chi connectivity index (χ1) is 7.11. The topological polar surface area (TPSA) is 105 Å². The van der Waals surface area contributed by atoms with Crippen molar-refractivity contribution in [2.45, 2.75) is 19.4 Å². The van der Waals surface area contributed by atoms with E-state index in [1.807, 2.05) is 13.0 Å². The van der Waals surface area contributed by atoms with Gasteiger partial charge in [0.25, 0.3) is 0 Å². The fourth-order valence-corrected chi connectivity index (χ4v) is 1.07. The fourth-order valence-electron chi connectivity index (χ4n) is 1.07. The van der Waals surface area contributed by atoms with Crippen molar-refractivity contribution in [1.82, 2.24) is 9.97 Å². The van der Waals surface area contributed by atoms with Crippen LogP contribution in [0.2, 0.25) is 0 Å². The Bertz CT molecular complexity index is 380. The van der Waals surface area contributed by atoms with E-state index in [-0.39, 0.29) is 24.1 Å². The Kier molecular flexibility index (Phi) is 3.57. The minimum atomic E-state index is -0.378. The van der Waals surface area contributed by atoms with E-state index in [0.717, 1.165) is 0 Å². The van der Waals surface area contributed by atoms with Gasteiger partial charge in [0.05, 0.1) is 12.4 Å². The lowest BCUT2D eigenvalue weighted by molar-refractivity contribution is -0.118. The summed E-state index contributed by atoms with van der Waals surface area (Å²) in [6.07, 6.45) is 3.02. The van der Waals surface area contributed by atoms with Crippen LogP contribution in [0.3, 0.4) is 0 Å². The van der Waals surface area contributed by atoms with Gasteiger partial charge in [0.1, 0.15) is 11.9 Å². The predicted octanol–water partition coefficient (Wildman–Crippen LogP) is 0.0241. The average molecular weight is 205 g/mol. The Morgan fingerprint density at radius 2 is 2.40 bits per heavy atom. The molecule has 78 valence electrons. The number of hydrogen-bond acceptors (Lipinski definition) is 5. The van der Waals surface area contributed by atoms with Gasteiger partial charge in [-0.05, 0) is 6.92 Å². The lowest BCUT2D eigenvalue weighted by atomic mass is 10.2. The molecule has 1 amide bonds. The molecule has 6 heteroatoms. The van der Waals surface area contributed by atoms with Crippen molar-refractivity contribution in [3.63, 3.8) is 0 Å². The van der Waals surface area contributed by atoms with Gasteiger partial charge in [-0.15, -0.1) is 0 Å². The highest BCUT2D eigenvalue weighted by Gasteiger charge is 2.06. The summed E-state index contributed by atoms with van der Waals surface area (Å²) in [5, 5.41) is 11.4. The molecule has 15 heavy (non-hydrogen) atoms. The van der Waals surface area contributed by atoms with Crippen molar-refractivity contribution in [2.24, 2.45) is 5.73 Å². The van der Waals surface area contributed by atoms with E-state index < -0.39 is 0 Å². The Morgan fingerprint density at radius 3 is 2.87 bits per heavy atom. The maximum absolute atomic E-state index is 10.6. The minimum absolute atomic E-state index is 0.107. The summed E-state index contributed by atoms with van der Waals surface area (Å²) < 4.78 is 0. The van der Waals surface area contributed by atoms with Crippen LogP contribution in [-0.4, -0.2) is 21.9 Å². The Balaban J connectivity index is 2.58. The summed E-state index contributed by atoms with van der Waals surface area (Å²) in [6, 6.07) is 1.76. The number of carbonyl (C=O) groups is 1. The number of carbonyl (C=O) groups excluding carboxylic acids is 1. The number of nitrogens with one attached hydrogen (secondary N) is 1. The molecule has 0 aliphatic heterocycles. The van der Waals surface area contributed by atoms with Crippen molar-refractivity contribution >= 4 is 11.7 Å². The van der Waals surface area contributed by atoms with Gasteiger partial charge in [-0.2, -0.15) is 5.26 Å². The largest absolute Gasteiger partial charge is 0.370 e. The first kappa shape index (κ1) is 10.9. The molecule has 1 aromatic rings. The van der Waals surface area contributed by atoms with Crippen LogP contribution in [0.15, 0.2) is 12.4 Å². The second kappa shape index (κ2) is 4.91. The summed E-state index contributed by atoms with van der Waals surface area (Å²) in [5.74, 6) is 0.138. The van der Waals surface area contributed by atoms with E-state index in [9.17, 15) is 4.79 Å². The molecule has 0 bridgehead atoms. The molecule has 0 saturated carbocycles. The van der Waals surface area contributed by atoms with E-state index in [2.05, 4.69) is 15.3 Å². The van der Waals surface area contributed by atoms with Crippen molar-refractivity contribution in [2.75, 3.05) is 5.32 Å². The number of hydrogen-bond donors (Lipinski definition) is 2. The van der Waals surface area contributed by atoms with Gasteiger partial charge >= 0.3 is 0 Å². The van der Waals surface area contributed by atoms with Gasteiger partial charge in [0.15, 0.2) is 5.69 Å². The number of nitrogens with zero attached hydrogens (tertiary/aromatic N) is 3. The number of rotatable bonds is 4. The SMILES string of the molecule is CC(CC(N)=O)Nc1cnc(C#N)cn1. The van der Waals surface area contributed by atoms with E-state index in [1.54, 1.807) is 0 Å². The minimum Gasteiger partial charge on any atom is -0.370 e. The highest BCUT2D eigenvalue weighted by atomic mass is 16.1. The molecule has 6 nitrogen and oxygen atoms in total. The monoisotopic (exact) mass is 205 g/mol. The van der Waals surface area contributed by atoms with Gasteiger partial charge in [-0.25, -0.2) is 9.97 Å². The highest BCUT2D eigenvalue weighted by Crippen LogP contribution is 2.04.